The van der Waals surface area contributed by atoms with Crippen LogP contribution in [0.1, 0.15) is 34.7 Å². The highest BCUT2D eigenvalue weighted by Crippen LogP contribution is 2.48. The fourth-order valence-corrected chi connectivity index (χ4v) is 4.74. The summed E-state index contributed by atoms with van der Waals surface area (Å²) in [5, 5.41) is 9.17. The maximum Gasteiger partial charge on any atom is 0.213 e. The van der Waals surface area contributed by atoms with Crippen LogP contribution in [0.25, 0.3) is 0 Å². The van der Waals surface area contributed by atoms with Gasteiger partial charge in [-0.25, -0.2) is 5.01 Å². The lowest BCUT2D eigenvalue weighted by atomic mass is 9.97. The van der Waals surface area contributed by atoms with Crippen molar-refractivity contribution in [1.82, 2.24) is 5.01 Å². The number of rotatable bonds is 3. The number of nitrogens with zero attached hydrogens (tertiary/aromatic N) is 2. The Morgan fingerprint density at radius 2 is 2.04 bits per heavy atom. The first kappa shape index (κ1) is 16.8. The zero-order chi connectivity index (χ0) is 18.4. The van der Waals surface area contributed by atoms with Gasteiger partial charge in [-0.05, 0) is 53.9 Å². The van der Waals surface area contributed by atoms with Gasteiger partial charge in [0.2, 0.25) is 6.23 Å². The third-order valence-corrected chi connectivity index (χ3v) is 6.37. The lowest BCUT2D eigenvalue weighted by Crippen LogP contribution is -2.33. The Hall–Kier alpha value is -2.31. The summed E-state index contributed by atoms with van der Waals surface area (Å²) < 4.78 is 12.7. The predicted octanol–water partition coefficient (Wildman–Crippen LogP) is 5.76. The van der Waals surface area contributed by atoms with Gasteiger partial charge in [0.1, 0.15) is 11.5 Å². The number of thiophene rings is 1. The van der Waals surface area contributed by atoms with Gasteiger partial charge >= 0.3 is 0 Å². The number of hydrazone groups is 1. The second-order valence-corrected chi connectivity index (χ2v) is 8.41. The van der Waals surface area contributed by atoms with Crippen LogP contribution in [-0.2, 0) is 0 Å². The molecule has 0 bridgehead atoms. The van der Waals surface area contributed by atoms with Crippen LogP contribution >= 0.6 is 27.3 Å². The molecule has 0 spiro atoms. The van der Waals surface area contributed by atoms with E-state index in [1.54, 1.807) is 18.4 Å². The summed E-state index contributed by atoms with van der Waals surface area (Å²) in [6, 6.07) is 18.6. The highest BCUT2D eigenvalue weighted by molar-refractivity contribution is 9.10. The molecule has 136 valence electrons. The summed E-state index contributed by atoms with van der Waals surface area (Å²) >= 11 is 5.32. The van der Waals surface area contributed by atoms with Crippen molar-refractivity contribution in [2.45, 2.75) is 18.7 Å². The number of methoxy groups -OCH3 is 1. The Labute approximate surface area is 170 Å². The maximum absolute atomic E-state index is 6.39. The van der Waals surface area contributed by atoms with Crippen LogP contribution < -0.4 is 9.47 Å². The average Bonchev–Trinajstić information content (AvgIpc) is 3.37. The average molecular weight is 441 g/mol. The van der Waals surface area contributed by atoms with E-state index in [0.717, 1.165) is 33.7 Å². The van der Waals surface area contributed by atoms with Gasteiger partial charge in [0.25, 0.3) is 0 Å². The van der Waals surface area contributed by atoms with Crippen LogP contribution in [0, 0.1) is 0 Å². The summed E-state index contributed by atoms with van der Waals surface area (Å²) in [7, 11) is 1.67. The molecule has 6 heteroatoms. The standard InChI is InChI=1S/C21H17BrN2O2S/c1-25-15-7-4-13(5-8-15)21-24-18(12-17(23-24)20-3-2-10-27-20)16-11-14(22)6-9-19(16)26-21/h2-11,18,21H,12H2,1H3. The fourth-order valence-electron chi connectivity index (χ4n) is 3.64. The molecule has 2 aromatic carbocycles. The van der Waals surface area contributed by atoms with E-state index in [1.807, 2.05) is 36.4 Å². The molecule has 2 unspecified atom stereocenters. The van der Waals surface area contributed by atoms with E-state index in [9.17, 15) is 0 Å². The van der Waals surface area contributed by atoms with Crippen LogP contribution in [0.4, 0.5) is 0 Å². The molecular formula is C21H17BrN2O2S. The number of benzene rings is 2. The molecule has 1 aromatic heterocycles. The molecule has 0 fully saturated rings. The SMILES string of the molecule is COc1ccc(C2Oc3ccc(Br)cc3C3CC(c4cccs4)=NN32)cc1. The second kappa shape index (κ2) is 6.69. The van der Waals surface area contributed by atoms with Crippen molar-refractivity contribution in [3.8, 4) is 11.5 Å². The Morgan fingerprint density at radius 3 is 2.78 bits per heavy atom. The van der Waals surface area contributed by atoms with Crippen molar-refractivity contribution in [3.05, 3.63) is 80.5 Å². The summed E-state index contributed by atoms with van der Waals surface area (Å²) in [5.74, 6) is 1.75. The molecule has 2 aliphatic heterocycles. The monoisotopic (exact) mass is 440 g/mol. The first-order chi connectivity index (χ1) is 13.2. The van der Waals surface area contributed by atoms with E-state index in [2.05, 4.69) is 44.5 Å². The number of ether oxygens (including phenoxy) is 2. The van der Waals surface area contributed by atoms with Crippen molar-refractivity contribution >= 4 is 33.0 Å². The summed E-state index contributed by atoms with van der Waals surface area (Å²) in [6.07, 6.45) is 0.618. The largest absolute Gasteiger partial charge is 0.497 e. The highest BCUT2D eigenvalue weighted by Gasteiger charge is 2.41. The minimum Gasteiger partial charge on any atom is -0.497 e. The molecule has 3 heterocycles. The van der Waals surface area contributed by atoms with Crippen molar-refractivity contribution in [2.75, 3.05) is 7.11 Å². The van der Waals surface area contributed by atoms with E-state index < -0.39 is 0 Å². The van der Waals surface area contributed by atoms with Crippen LogP contribution in [0.2, 0.25) is 0 Å². The fraction of sp³-hybridized carbons (Fsp3) is 0.190. The van der Waals surface area contributed by atoms with Crippen LogP contribution in [0.15, 0.2) is 69.6 Å². The van der Waals surface area contributed by atoms with Gasteiger partial charge in [-0.3, -0.25) is 0 Å². The molecular weight excluding hydrogens is 424 g/mol. The van der Waals surface area contributed by atoms with E-state index in [1.165, 1.54) is 10.4 Å². The highest BCUT2D eigenvalue weighted by atomic mass is 79.9. The molecule has 0 amide bonds. The minimum atomic E-state index is -0.257. The molecule has 4 nitrogen and oxygen atoms in total. The Morgan fingerprint density at radius 1 is 1.19 bits per heavy atom. The first-order valence-corrected chi connectivity index (χ1v) is 10.4. The second-order valence-electron chi connectivity index (χ2n) is 6.55. The van der Waals surface area contributed by atoms with Gasteiger partial charge < -0.3 is 9.47 Å². The molecule has 2 aliphatic rings. The number of fused-ring (bicyclic) bond motifs is 3. The number of hydrogen-bond donors (Lipinski definition) is 0. The maximum atomic E-state index is 6.39. The molecule has 0 saturated heterocycles. The van der Waals surface area contributed by atoms with Crippen molar-refractivity contribution in [1.29, 1.82) is 0 Å². The minimum absolute atomic E-state index is 0.162. The Kier molecular flexibility index (Phi) is 4.17. The molecule has 0 saturated carbocycles. The molecule has 0 aliphatic carbocycles. The lowest BCUT2D eigenvalue weighted by Gasteiger charge is -2.38. The van der Waals surface area contributed by atoms with Crippen LogP contribution in [-0.4, -0.2) is 17.8 Å². The molecule has 2 atom stereocenters. The lowest BCUT2D eigenvalue weighted by molar-refractivity contribution is -0.0191. The van der Waals surface area contributed by atoms with Crippen LogP contribution in [0.5, 0.6) is 11.5 Å². The van der Waals surface area contributed by atoms with Gasteiger partial charge in [0.15, 0.2) is 0 Å². The predicted molar refractivity (Wildman–Crippen MR) is 111 cm³/mol. The summed E-state index contributed by atoms with van der Waals surface area (Å²) in [5.41, 5.74) is 3.35. The zero-order valence-electron chi connectivity index (χ0n) is 14.6. The Balaban J connectivity index is 1.59. The number of halogens is 1. The van der Waals surface area contributed by atoms with Crippen molar-refractivity contribution < 1.29 is 9.47 Å². The number of hydrogen-bond acceptors (Lipinski definition) is 5. The molecule has 5 rings (SSSR count). The zero-order valence-corrected chi connectivity index (χ0v) is 17.0. The van der Waals surface area contributed by atoms with Gasteiger partial charge in [0.05, 0.1) is 23.7 Å². The topological polar surface area (TPSA) is 34.1 Å². The Bertz CT molecular complexity index is 1000. The van der Waals surface area contributed by atoms with Crippen LogP contribution in [0.3, 0.4) is 0 Å². The smallest absolute Gasteiger partial charge is 0.213 e. The first-order valence-electron chi connectivity index (χ1n) is 8.72. The quantitative estimate of drug-likeness (QED) is 0.518. The molecule has 0 radical (unpaired) electrons. The molecule has 27 heavy (non-hydrogen) atoms. The van der Waals surface area contributed by atoms with Gasteiger partial charge in [0, 0.05) is 22.0 Å². The third-order valence-electron chi connectivity index (χ3n) is 4.96. The van der Waals surface area contributed by atoms with Crippen molar-refractivity contribution in [3.63, 3.8) is 0 Å². The van der Waals surface area contributed by atoms with Gasteiger partial charge in [-0.1, -0.05) is 22.0 Å². The van der Waals surface area contributed by atoms with E-state index in [-0.39, 0.29) is 12.3 Å². The summed E-state index contributed by atoms with van der Waals surface area (Å²) in [4.78, 5) is 1.22. The molecule has 3 aromatic rings. The van der Waals surface area contributed by atoms with E-state index in [0.29, 0.717) is 0 Å². The molecule has 0 N–H and O–H groups in total. The van der Waals surface area contributed by atoms with E-state index in [4.69, 9.17) is 14.6 Å². The third kappa shape index (κ3) is 2.93. The van der Waals surface area contributed by atoms with E-state index >= 15 is 0 Å². The van der Waals surface area contributed by atoms with Gasteiger partial charge in [-0.2, -0.15) is 5.10 Å². The normalized spacial score (nSPS) is 20.5. The van der Waals surface area contributed by atoms with Gasteiger partial charge in [-0.15, -0.1) is 11.3 Å². The van der Waals surface area contributed by atoms with Crippen molar-refractivity contribution in [2.24, 2.45) is 5.10 Å². The summed E-state index contributed by atoms with van der Waals surface area (Å²) in [6.45, 7) is 0.